The molecule has 0 bridgehead atoms. The smallest absolute Gasteiger partial charge is 0.254 e. The molecule has 1 unspecified atom stereocenters. The van der Waals surface area contributed by atoms with E-state index >= 15 is 0 Å². The Hall–Kier alpha value is -2.62. The Bertz CT molecular complexity index is 695. The second-order valence-electron chi connectivity index (χ2n) is 5.93. The van der Waals surface area contributed by atoms with E-state index in [9.17, 15) is 9.59 Å². The maximum atomic E-state index is 12.7. The molecule has 1 atom stereocenters. The van der Waals surface area contributed by atoms with Crippen LogP contribution in [-0.2, 0) is 6.42 Å². The van der Waals surface area contributed by atoms with Crippen LogP contribution in [0.4, 0.5) is 0 Å². The minimum atomic E-state index is -0.480. The number of benzene rings is 2. The van der Waals surface area contributed by atoms with Crippen LogP contribution in [0.3, 0.4) is 0 Å². The van der Waals surface area contributed by atoms with Crippen molar-refractivity contribution in [2.45, 2.75) is 25.3 Å². The number of nitrogens with zero attached hydrogens (tertiary/aromatic N) is 1. The van der Waals surface area contributed by atoms with E-state index < -0.39 is 5.91 Å². The Morgan fingerprint density at radius 3 is 2.30 bits per heavy atom. The SMILES string of the molecule is NC(=O)c1ccc(C(=O)N2CCCC2Cc2ccccc2)cc1. The van der Waals surface area contributed by atoms with Crippen LogP contribution in [0.2, 0.25) is 0 Å². The average Bonchev–Trinajstić information content (AvgIpc) is 3.03. The van der Waals surface area contributed by atoms with Crippen molar-refractivity contribution < 1.29 is 9.59 Å². The fourth-order valence-corrected chi connectivity index (χ4v) is 3.14. The number of carbonyl (C=O) groups is 2. The van der Waals surface area contributed by atoms with Gasteiger partial charge >= 0.3 is 0 Å². The van der Waals surface area contributed by atoms with Gasteiger partial charge in [0.25, 0.3) is 5.91 Å². The van der Waals surface area contributed by atoms with E-state index in [1.807, 2.05) is 23.1 Å². The van der Waals surface area contributed by atoms with E-state index in [1.54, 1.807) is 24.3 Å². The molecule has 2 N–H and O–H groups in total. The van der Waals surface area contributed by atoms with Crippen molar-refractivity contribution in [3.05, 3.63) is 71.3 Å². The zero-order chi connectivity index (χ0) is 16.2. The number of nitrogens with two attached hydrogens (primary N) is 1. The molecular formula is C19H20N2O2. The van der Waals surface area contributed by atoms with Crippen molar-refractivity contribution in [3.8, 4) is 0 Å². The maximum Gasteiger partial charge on any atom is 0.254 e. The van der Waals surface area contributed by atoms with Gasteiger partial charge in [0.05, 0.1) is 0 Å². The summed E-state index contributed by atoms with van der Waals surface area (Å²) in [5, 5.41) is 0. The molecule has 4 heteroatoms. The highest BCUT2D eigenvalue weighted by Gasteiger charge is 2.29. The molecule has 0 saturated carbocycles. The standard InChI is InChI=1S/C19H20N2O2/c20-18(22)15-8-10-16(11-9-15)19(23)21-12-4-7-17(21)13-14-5-2-1-3-6-14/h1-3,5-6,8-11,17H,4,7,12-13H2,(H2,20,22). The third-order valence-corrected chi connectivity index (χ3v) is 4.37. The third kappa shape index (κ3) is 3.42. The number of carbonyl (C=O) groups excluding carboxylic acids is 2. The minimum absolute atomic E-state index is 0.0273. The largest absolute Gasteiger partial charge is 0.366 e. The zero-order valence-electron chi connectivity index (χ0n) is 12.9. The molecule has 1 aliphatic rings. The van der Waals surface area contributed by atoms with Crippen LogP contribution < -0.4 is 5.73 Å². The van der Waals surface area contributed by atoms with Gasteiger partial charge in [0.15, 0.2) is 0 Å². The van der Waals surface area contributed by atoms with Gasteiger partial charge in [-0.3, -0.25) is 9.59 Å². The molecule has 1 fully saturated rings. The van der Waals surface area contributed by atoms with E-state index in [-0.39, 0.29) is 11.9 Å². The lowest BCUT2D eigenvalue weighted by atomic mass is 10.0. The highest BCUT2D eigenvalue weighted by Crippen LogP contribution is 2.23. The topological polar surface area (TPSA) is 63.4 Å². The van der Waals surface area contributed by atoms with E-state index in [2.05, 4.69) is 12.1 Å². The predicted molar refractivity (Wildman–Crippen MR) is 89.2 cm³/mol. The summed E-state index contributed by atoms with van der Waals surface area (Å²) in [7, 11) is 0. The third-order valence-electron chi connectivity index (χ3n) is 4.37. The normalized spacial score (nSPS) is 17.2. The first-order chi connectivity index (χ1) is 11.1. The number of likely N-dealkylation sites (tertiary alicyclic amines) is 1. The molecule has 2 aromatic carbocycles. The number of amides is 2. The summed E-state index contributed by atoms with van der Waals surface area (Å²) in [4.78, 5) is 25.8. The molecule has 2 amide bonds. The molecule has 0 spiro atoms. The predicted octanol–water partition coefficient (Wildman–Crippen LogP) is 2.63. The Morgan fingerprint density at radius 1 is 1.00 bits per heavy atom. The molecule has 23 heavy (non-hydrogen) atoms. The van der Waals surface area contributed by atoms with Gasteiger partial charge in [-0.05, 0) is 49.1 Å². The molecule has 0 radical (unpaired) electrons. The average molecular weight is 308 g/mol. The summed E-state index contributed by atoms with van der Waals surface area (Å²) in [5.41, 5.74) is 7.51. The molecule has 1 saturated heterocycles. The summed E-state index contributed by atoms with van der Waals surface area (Å²) in [6.45, 7) is 0.786. The van der Waals surface area contributed by atoms with Crippen LogP contribution in [0.1, 0.15) is 39.1 Å². The lowest BCUT2D eigenvalue weighted by molar-refractivity contribution is 0.0736. The Kier molecular flexibility index (Phi) is 4.42. The number of rotatable bonds is 4. The van der Waals surface area contributed by atoms with Gasteiger partial charge in [0, 0.05) is 23.7 Å². The molecule has 2 aromatic rings. The molecule has 1 aliphatic heterocycles. The molecular weight excluding hydrogens is 288 g/mol. The second-order valence-corrected chi connectivity index (χ2v) is 5.93. The van der Waals surface area contributed by atoms with Crippen LogP contribution in [-0.4, -0.2) is 29.3 Å². The van der Waals surface area contributed by atoms with Crippen molar-refractivity contribution in [1.29, 1.82) is 0 Å². The van der Waals surface area contributed by atoms with Gasteiger partial charge in [-0.15, -0.1) is 0 Å². The van der Waals surface area contributed by atoms with E-state index in [1.165, 1.54) is 5.56 Å². The van der Waals surface area contributed by atoms with Gasteiger partial charge < -0.3 is 10.6 Å². The van der Waals surface area contributed by atoms with E-state index in [4.69, 9.17) is 5.73 Å². The number of primary amides is 1. The molecule has 0 aromatic heterocycles. The lowest BCUT2D eigenvalue weighted by Gasteiger charge is -2.25. The quantitative estimate of drug-likeness (QED) is 0.943. The highest BCUT2D eigenvalue weighted by atomic mass is 16.2. The van der Waals surface area contributed by atoms with Gasteiger partial charge in [0.1, 0.15) is 0 Å². The summed E-state index contributed by atoms with van der Waals surface area (Å²) >= 11 is 0. The van der Waals surface area contributed by atoms with Crippen LogP contribution in [0.25, 0.3) is 0 Å². The Morgan fingerprint density at radius 2 is 1.65 bits per heavy atom. The van der Waals surface area contributed by atoms with Crippen LogP contribution in [0, 0.1) is 0 Å². The fourth-order valence-electron chi connectivity index (χ4n) is 3.14. The van der Waals surface area contributed by atoms with E-state index in [0.29, 0.717) is 11.1 Å². The molecule has 4 nitrogen and oxygen atoms in total. The number of hydrogen-bond acceptors (Lipinski definition) is 2. The highest BCUT2D eigenvalue weighted by molar-refractivity contribution is 5.97. The molecule has 3 rings (SSSR count). The minimum Gasteiger partial charge on any atom is -0.366 e. The number of hydrogen-bond donors (Lipinski definition) is 1. The summed E-state index contributed by atoms with van der Waals surface area (Å²) in [6.07, 6.45) is 2.94. The second kappa shape index (κ2) is 6.65. The maximum absolute atomic E-state index is 12.7. The van der Waals surface area contributed by atoms with Gasteiger partial charge in [0.2, 0.25) is 5.91 Å². The lowest BCUT2D eigenvalue weighted by Crippen LogP contribution is -2.36. The fraction of sp³-hybridized carbons (Fsp3) is 0.263. The van der Waals surface area contributed by atoms with Crippen LogP contribution in [0.15, 0.2) is 54.6 Å². The summed E-state index contributed by atoms with van der Waals surface area (Å²) in [6, 6.07) is 17.1. The molecule has 118 valence electrons. The van der Waals surface area contributed by atoms with Gasteiger partial charge in [-0.2, -0.15) is 0 Å². The van der Waals surface area contributed by atoms with Crippen molar-refractivity contribution >= 4 is 11.8 Å². The van der Waals surface area contributed by atoms with Crippen molar-refractivity contribution in [2.24, 2.45) is 5.73 Å². The Labute approximate surface area is 135 Å². The van der Waals surface area contributed by atoms with Crippen LogP contribution in [0.5, 0.6) is 0 Å². The van der Waals surface area contributed by atoms with Gasteiger partial charge in [-0.1, -0.05) is 30.3 Å². The summed E-state index contributed by atoms with van der Waals surface area (Å²) in [5.74, 6) is -0.452. The van der Waals surface area contributed by atoms with Crippen LogP contribution >= 0.6 is 0 Å². The van der Waals surface area contributed by atoms with Crippen molar-refractivity contribution in [3.63, 3.8) is 0 Å². The Balaban J connectivity index is 1.74. The molecule has 0 aliphatic carbocycles. The van der Waals surface area contributed by atoms with Crippen molar-refractivity contribution in [1.82, 2.24) is 4.90 Å². The van der Waals surface area contributed by atoms with Crippen molar-refractivity contribution in [2.75, 3.05) is 6.54 Å². The van der Waals surface area contributed by atoms with Gasteiger partial charge in [-0.25, -0.2) is 0 Å². The first-order valence-corrected chi connectivity index (χ1v) is 7.90. The first kappa shape index (κ1) is 15.3. The first-order valence-electron chi connectivity index (χ1n) is 7.90. The monoisotopic (exact) mass is 308 g/mol. The summed E-state index contributed by atoms with van der Waals surface area (Å²) < 4.78 is 0. The zero-order valence-corrected chi connectivity index (χ0v) is 12.9. The molecule has 1 heterocycles. The van der Waals surface area contributed by atoms with E-state index in [0.717, 1.165) is 25.8 Å².